The SMILES string of the molecule is CCCCNc1ncc2c(-c3ccc(CNCCCC(=O)N(C)CCOCCCc4ccc5c(c4)n(C)c(=O)n5[C@H]4CCC(=O)NC4=O)cc3)c[nH]c2n1. The fraction of sp³-hybridized carbons (Fsp3) is 0.450. The highest BCUT2D eigenvalue weighted by Gasteiger charge is 2.31. The number of unbranched alkanes of at least 4 members (excludes halogenated alkanes) is 1. The Morgan fingerprint density at radius 2 is 1.83 bits per heavy atom. The molecule has 0 unspecified atom stereocenters. The molecule has 0 aliphatic carbocycles. The molecule has 3 amide bonds. The zero-order valence-corrected chi connectivity index (χ0v) is 31.5. The maximum absolute atomic E-state index is 13.0. The quantitative estimate of drug-likeness (QED) is 0.0708. The van der Waals surface area contributed by atoms with E-state index >= 15 is 0 Å². The molecule has 1 atom stereocenters. The van der Waals surface area contributed by atoms with Gasteiger partial charge in [0.1, 0.15) is 11.7 Å². The van der Waals surface area contributed by atoms with Crippen molar-refractivity contribution in [2.24, 2.45) is 7.05 Å². The lowest BCUT2D eigenvalue weighted by atomic mass is 10.0. The van der Waals surface area contributed by atoms with Crippen LogP contribution in [0, 0.1) is 0 Å². The van der Waals surface area contributed by atoms with Crippen molar-refractivity contribution in [3.63, 3.8) is 0 Å². The van der Waals surface area contributed by atoms with Gasteiger partial charge in [0.15, 0.2) is 0 Å². The fourth-order valence-electron chi connectivity index (χ4n) is 6.80. The molecule has 4 heterocycles. The molecule has 1 aliphatic heterocycles. The molecular formula is C40H51N9O5. The summed E-state index contributed by atoms with van der Waals surface area (Å²) in [5, 5.41) is 10.1. The van der Waals surface area contributed by atoms with Crippen molar-refractivity contribution >= 4 is 45.7 Å². The maximum atomic E-state index is 13.0. The molecule has 1 saturated heterocycles. The third-order valence-corrected chi connectivity index (χ3v) is 10.0. The van der Waals surface area contributed by atoms with Crippen molar-refractivity contribution in [3.8, 4) is 11.1 Å². The number of amides is 3. The molecule has 0 spiro atoms. The molecule has 0 bridgehead atoms. The molecule has 286 valence electrons. The minimum absolute atomic E-state index is 0.0967. The second-order valence-corrected chi connectivity index (χ2v) is 13.9. The Balaban J connectivity index is 0.850. The van der Waals surface area contributed by atoms with Crippen LogP contribution in [0.3, 0.4) is 0 Å². The molecule has 2 aromatic carbocycles. The van der Waals surface area contributed by atoms with Crippen molar-refractivity contribution in [1.82, 2.24) is 39.6 Å². The number of rotatable bonds is 19. The van der Waals surface area contributed by atoms with Crippen LogP contribution in [0.15, 0.2) is 59.7 Å². The van der Waals surface area contributed by atoms with Crippen LogP contribution in [0.4, 0.5) is 5.95 Å². The molecule has 5 aromatic rings. The lowest BCUT2D eigenvalue weighted by Crippen LogP contribution is -2.44. The summed E-state index contributed by atoms with van der Waals surface area (Å²) < 4.78 is 8.86. The largest absolute Gasteiger partial charge is 0.380 e. The first kappa shape index (κ1) is 38.4. The van der Waals surface area contributed by atoms with Gasteiger partial charge in [0, 0.05) is 76.5 Å². The number of aryl methyl sites for hydroxylation is 2. The Morgan fingerprint density at radius 1 is 1.02 bits per heavy atom. The molecular weight excluding hydrogens is 686 g/mol. The first-order chi connectivity index (χ1) is 26.2. The number of imidazole rings is 1. The number of nitrogens with one attached hydrogen (secondary N) is 4. The van der Waals surface area contributed by atoms with E-state index in [0.29, 0.717) is 44.1 Å². The van der Waals surface area contributed by atoms with Crippen LogP contribution in [0.1, 0.15) is 69.0 Å². The van der Waals surface area contributed by atoms with Gasteiger partial charge in [-0.1, -0.05) is 43.7 Å². The van der Waals surface area contributed by atoms with Gasteiger partial charge >= 0.3 is 5.69 Å². The first-order valence-electron chi connectivity index (χ1n) is 19.0. The van der Waals surface area contributed by atoms with Gasteiger partial charge in [-0.05, 0) is 67.5 Å². The lowest BCUT2D eigenvalue weighted by Gasteiger charge is -2.21. The number of imide groups is 1. The number of benzene rings is 2. The molecule has 1 aliphatic rings. The van der Waals surface area contributed by atoms with E-state index in [0.717, 1.165) is 85.0 Å². The number of piperidine rings is 1. The number of carbonyl (C=O) groups excluding carboxylic acids is 3. The summed E-state index contributed by atoms with van der Waals surface area (Å²) in [5.74, 6) is -0.0123. The van der Waals surface area contributed by atoms with Crippen molar-refractivity contribution in [2.45, 2.75) is 70.9 Å². The molecule has 0 radical (unpaired) electrons. The van der Waals surface area contributed by atoms with Crippen LogP contribution < -0.4 is 21.6 Å². The summed E-state index contributed by atoms with van der Waals surface area (Å²) in [4.78, 5) is 63.8. The summed E-state index contributed by atoms with van der Waals surface area (Å²) in [6.45, 7) is 6.03. The van der Waals surface area contributed by atoms with Gasteiger partial charge in [0.2, 0.25) is 23.7 Å². The highest BCUT2D eigenvalue weighted by Crippen LogP contribution is 2.28. The predicted octanol–water partition coefficient (Wildman–Crippen LogP) is 4.45. The van der Waals surface area contributed by atoms with Gasteiger partial charge in [-0.3, -0.25) is 28.8 Å². The molecule has 6 rings (SSSR count). The van der Waals surface area contributed by atoms with Crippen LogP contribution in [-0.4, -0.2) is 86.6 Å². The first-order valence-corrected chi connectivity index (χ1v) is 19.0. The van der Waals surface area contributed by atoms with Crippen molar-refractivity contribution < 1.29 is 19.1 Å². The number of carbonyl (C=O) groups is 3. The Morgan fingerprint density at radius 3 is 2.63 bits per heavy atom. The summed E-state index contributed by atoms with van der Waals surface area (Å²) >= 11 is 0. The van der Waals surface area contributed by atoms with E-state index in [-0.39, 0.29) is 23.9 Å². The van der Waals surface area contributed by atoms with Gasteiger partial charge in [0.05, 0.1) is 17.6 Å². The van der Waals surface area contributed by atoms with Crippen LogP contribution in [0.25, 0.3) is 33.2 Å². The second kappa shape index (κ2) is 18.1. The Bertz CT molecular complexity index is 2140. The van der Waals surface area contributed by atoms with Crippen LogP contribution in [-0.2, 0) is 39.1 Å². The molecule has 1 fully saturated rings. The highest BCUT2D eigenvalue weighted by atomic mass is 16.5. The number of anilines is 1. The third kappa shape index (κ3) is 9.23. The summed E-state index contributed by atoms with van der Waals surface area (Å²) in [6, 6.07) is 13.6. The monoisotopic (exact) mass is 737 g/mol. The average Bonchev–Trinajstić information content (AvgIpc) is 3.70. The van der Waals surface area contributed by atoms with Gasteiger partial charge in [-0.25, -0.2) is 9.78 Å². The molecule has 4 N–H and O–H groups in total. The Labute approximate surface area is 314 Å². The van der Waals surface area contributed by atoms with E-state index in [1.165, 1.54) is 10.1 Å². The van der Waals surface area contributed by atoms with Crippen LogP contribution in [0.5, 0.6) is 0 Å². The topological polar surface area (TPSA) is 168 Å². The molecule has 0 saturated carbocycles. The standard InChI is InChI=1S/C40H51N9O5/c1-4-5-19-42-39-44-26-31-30(25-43-37(31)46-39)29-13-10-28(11-14-29)24-41-18-6-9-36(51)47(2)20-22-54-21-7-8-27-12-15-32-34(23-27)48(3)40(53)49(32)33-16-17-35(50)45-38(33)52/h10-15,23,25-26,33,41H,4-9,16-22,24H2,1-3H3,(H,45,50,52)(H2,42,43,44,46)/t33-/m0/s1. The summed E-state index contributed by atoms with van der Waals surface area (Å²) in [6.07, 6.45) is 9.33. The van der Waals surface area contributed by atoms with E-state index in [2.05, 4.69) is 62.1 Å². The second-order valence-electron chi connectivity index (χ2n) is 13.9. The van der Waals surface area contributed by atoms with Gasteiger partial charge in [-0.15, -0.1) is 0 Å². The minimum Gasteiger partial charge on any atom is -0.380 e. The zero-order chi connectivity index (χ0) is 38.0. The van der Waals surface area contributed by atoms with E-state index in [4.69, 9.17) is 4.74 Å². The minimum atomic E-state index is -0.698. The summed E-state index contributed by atoms with van der Waals surface area (Å²) in [7, 11) is 3.50. The van der Waals surface area contributed by atoms with Crippen LogP contribution >= 0.6 is 0 Å². The van der Waals surface area contributed by atoms with Gasteiger partial charge in [-0.2, -0.15) is 4.98 Å². The summed E-state index contributed by atoms with van der Waals surface area (Å²) in [5.41, 5.74) is 6.37. The van der Waals surface area contributed by atoms with Crippen molar-refractivity contribution in [2.75, 3.05) is 45.2 Å². The van der Waals surface area contributed by atoms with E-state index in [1.807, 2.05) is 37.6 Å². The number of hydrogen-bond acceptors (Lipinski definition) is 9. The number of H-pyrrole nitrogens is 1. The maximum Gasteiger partial charge on any atom is 0.329 e. The highest BCUT2D eigenvalue weighted by molar-refractivity contribution is 6.00. The lowest BCUT2D eigenvalue weighted by molar-refractivity contribution is -0.135. The van der Waals surface area contributed by atoms with Gasteiger partial charge in [0.25, 0.3) is 0 Å². The van der Waals surface area contributed by atoms with E-state index in [9.17, 15) is 19.2 Å². The smallest absolute Gasteiger partial charge is 0.329 e. The van der Waals surface area contributed by atoms with Gasteiger partial charge < -0.3 is 25.3 Å². The zero-order valence-electron chi connectivity index (χ0n) is 31.5. The predicted molar refractivity (Wildman–Crippen MR) is 209 cm³/mol. The Kier molecular flexibility index (Phi) is 12.9. The molecule has 14 heteroatoms. The van der Waals surface area contributed by atoms with E-state index in [1.54, 1.807) is 16.5 Å². The van der Waals surface area contributed by atoms with Crippen LogP contribution in [0.2, 0.25) is 0 Å². The average molecular weight is 738 g/mol. The number of aromatic amines is 1. The number of nitrogens with zero attached hydrogens (tertiary/aromatic N) is 5. The fourth-order valence-corrected chi connectivity index (χ4v) is 6.80. The number of fused-ring (bicyclic) bond motifs is 2. The number of hydrogen-bond donors (Lipinski definition) is 4. The third-order valence-electron chi connectivity index (χ3n) is 10.0. The number of ether oxygens (including phenoxy) is 1. The number of aromatic nitrogens is 5. The normalized spacial score (nSPS) is 14.5. The molecule has 54 heavy (non-hydrogen) atoms. The Hall–Kier alpha value is -5.34. The van der Waals surface area contributed by atoms with Crippen molar-refractivity contribution in [1.29, 1.82) is 0 Å². The number of likely N-dealkylation sites (N-methyl/N-ethyl adjacent to an activating group) is 1. The van der Waals surface area contributed by atoms with Crippen molar-refractivity contribution in [3.05, 3.63) is 76.5 Å². The van der Waals surface area contributed by atoms with E-state index < -0.39 is 11.9 Å². The molecule has 14 nitrogen and oxygen atoms in total. The molecule has 3 aromatic heterocycles.